The highest BCUT2D eigenvalue weighted by molar-refractivity contribution is 5.41. The fourth-order valence-corrected chi connectivity index (χ4v) is 4.41. The smallest absolute Gasteiger partial charge is 0.125 e. The highest BCUT2D eigenvalue weighted by Crippen LogP contribution is 2.44. The van der Waals surface area contributed by atoms with Crippen molar-refractivity contribution < 1.29 is 19.7 Å². The standard InChI is InChI=1S/C23H29NO4/c1-16-6-7-22-19(12-16)20(25)14-23(28-22)8-10-24(11-9-23)15-21(26)17-4-3-5-18(13-17)27-2/h3-7,12-13,20-21,25-26H,8-11,14-15H2,1-2H3/t20-,21-/m0/s1. The van der Waals surface area contributed by atoms with E-state index in [1.165, 1.54) is 0 Å². The second-order valence-corrected chi connectivity index (χ2v) is 8.14. The van der Waals surface area contributed by atoms with Gasteiger partial charge in [0.05, 0.1) is 19.3 Å². The minimum atomic E-state index is -0.550. The van der Waals surface area contributed by atoms with Crippen molar-refractivity contribution in [3.05, 3.63) is 59.2 Å². The molecule has 5 nitrogen and oxygen atoms in total. The Hall–Kier alpha value is -2.08. The van der Waals surface area contributed by atoms with Crippen molar-refractivity contribution in [2.24, 2.45) is 0 Å². The molecule has 2 aromatic carbocycles. The number of fused-ring (bicyclic) bond motifs is 1. The van der Waals surface area contributed by atoms with E-state index in [0.717, 1.165) is 54.1 Å². The summed E-state index contributed by atoms with van der Waals surface area (Å²) < 4.78 is 11.6. The van der Waals surface area contributed by atoms with Gasteiger partial charge in [-0.3, -0.25) is 0 Å². The van der Waals surface area contributed by atoms with Crippen LogP contribution in [0.5, 0.6) is 11.5 Å². The monoisotopic (exact) mass is 383 g/mol. The molecule has 0 unspecified atom stereocenters. The van der Waals surface area contributed by atoms with Gasteiger partial charge >= 0.3 is 0 Å². The highest BCUT2D eigenvalue weighted by atomic mass is 16.5. The fraction of sp³-hybridized carbons (Fsp3) is 0.478. The van der Waals surface area contributed by atoms with Crippen LogP contribution in [0, 0.1) is 6.92 Å². The number of methoxy groups -OCH3 is 1. The van der Waals surface area contributed by atoms with Gasteiger partial charge in [0, 0.05) is 31.6 Å². The molecule has 1 saturated heterocycles. The summed E-state index contributed by atoms with van der Waals surface area (Å²) in [5, 5.41) is 21.3. The molecule has 28 heavy (non-hydrogen) atoms. The Morgan fingerprint density at radius 2 is 2.00 bits per heavy atom. The van der Waals surface area contributed by atoms with E-state index in [1.807, 2.05) is 49.4 Å². The van der Waals surface area contributed by atoms with E-state index in [1.54, 1.807) is 7.11 Å². The lowest BCUT2D eigenvalue weighted by molar-refractivity contribution is -0.0588. The quantitative estimate of drug-likeness (QED) is 0.847. The average Bonchev–Trinajstić information content (AvgIpc) is 2.70. The van der Waals surface area contributed by atoms with Crippen molar-refractivity contribution in [1.29, 1.82) is 0 Å². The van der Waals surface area contributed by atoms with Gasteiger partial charge in [-0.1, -0.05) is 23.8 Å². The number of piperidine rings is 1. The molecular formula is C23H29NO4. The van der Waals surface area contributed by atoms with Crippen molar-refractivity contribution in [2.45, 2.75) is 44.0 Å². The molecule has 0 amide bonds. The summed E-state index contributed by atoms with van der Waals surface area (Å²) in [7, 11) is 1.63. The second-order valence-electron chi connectivity index (χ2n) is 8.14. The van der Waals surface area contributed by atoms with E-state index in [-0.39, 0.29) is 5.60 Å². The van der Waals surface area contributed by atoms with Crippen LogP contribution in [0.4, 0.5) is 0 Å². The van der Waals surface area contributed by atoms with Gasteiger partial charge in [-0.15, -0.1) is 0 Å². The topological polar surface area (TPSA) is 62.2 Å². The maximum atomic E-state index is 10.7. The number of β-amino-alcohol motifs (C(OH)–C–C–N with tert-alkyl or cyclic N) is 1. The summed E-state index contributed by atoms with van der Waals surface area (Å²) >= 11 is 0. The number of aliphatic hydroxyl groups is 2. The largest absolute Gasteiger partial charge is 0.497 e. The average molecular weight is 383 g/mol. The van der Waals surface area contributed by atoms with E-state index in [4.69, 9.17) is 9.47 Å². The first-order valence-electron chi connectivity index (χ1n) is 10.00. The zero-order valence-electron chi connectivity index (χ0n) is 16.6. The number of ether oxygens (including phenoxy) is 2. The first-order valence-corrected chi connectivity index (χ1v) is 10.00. The van der Waals surface area contributed by atoms with Crippen LogP contribution in [0.1, 0.15) is 48.2 Å². The number of likely N-dealkylation sites (tertiary alicyclic amines) is 1. The van der Waals surface area contributed by atoms with Gasteiger partial charge in [-0.2, -0.15) is 0 Å². The zero-order chi connectivity index (χ0) is 19.7. The Balaban J connectivity index is 1.38. The molecule has 0 bridgehead atoms. The fourth-order valence-electron chi connectivity index (χ4n) is 4.41. The van der Waals surface area contributed by atoms with Gasteiger partial charge in [0.2, 0.25) is 0 Å². The van der Waals surface area contributed by atoms with E-state index in [9.17, 15) is 10.2 Å². The summed E-state index contributed by atoms with van der Waals surface area (Å²) in [5.41, 5.74) is 2.60. The van der Waals surface area contributed by atoms with E-state index in [0.29, 0.717) is 13.0 Å². The van der Waals surface area contributed by atoms with Crippen LogP contribution in [0.15, 0.2) is 42.5 Å². The Morgan fingerprint density at radius 1 is 1.21 bits per heavy atom. The maximum absolute atomic E-state index is 10.7. The number of aliphatic hydroxyl groups excluding tert-OH is 2. The molecule has 2 aliphatic rings. The van der Waals surface area contributed by atoms with Gasteiger partial charge in [-0.25, -0.2) is 0 Å². The molecule has 2 aliphatic heterocycles. The molecule has 2 N–H and O–H groups in total. The number of benzene rings is 2. The number of aryl methyl sites for hydroxylation is 1. The number of hydrogen-bond donors (Lipinski definition) is 2. The van der Waals surface area contributed by atoms with Crippen molar-refractivity contribution >= 4 is 0 Å². The van der Waals surface area contributed by atoms with Crippen LogP contribution in [0.3, 0.4) is 0 Å². The van der Waals surface area contributed by atoms with Gasteiger partial charge < -0.3 is 24.6 Å². The molecule has 1 spiro atoms. The van der Waals surface area contributed by atoms with Crippen molar-refractivity contribution in [3.63, 3.8) is 0 Å². The molecule has 5 heteroatoms. The molecule has 2 aromatic rings. The first-order chi connectivity index (χ1) is 13.5. The summed E-state index contributed by atoms with van der Waals surface area (Å²) in [4.78, 5) is 2.27. The molecule has 1 fully saturated rings. The number of nitrogens with zero attached hydrogens (tertiary/aromatic N) is 1. The molecule has 0 radical (unpaired) electrons. The lowest BCUT2D eigenvalue weighted by atomic mass is 9.81. The van der Waals surface area contributed by atoms with Crippen LogP contribution < -0.4 is 9.47 Å². The minimum Gasteiger partial charge on any atom is -0.497 e. The van der Waals surface area contributed by atoms with Crippen molar-refractivity contribution in [1.82, 2.24) is 4.90 Å². The van der Waals surface area contributed by atoms with Crippen LogP contribution in [0.2, 0.25) is 0 Å². The Morgan fingerprint density at radius 3 is 2.75 bits per heavy atom. The predicted molar refractivity (Wildman–Crippen MR) is 108 cm³/mol. The molecule has 4 rings (SSSR count). The van der Waals surface area contributed by atoms with Gasteiger partial charge in [0.1, 0.15) is 17.1 Å². The predicted octanol–water partition coefficient (Wildman–Crippen LogP) is 3.39. The maximum Gasteiger partial charge on any atom is 0.125 e. The van der Waals surface area contributed by atoms with Crippen molar-refractivity contribution in [3.8, 4) is 11.5 Å². The number of hydrogen-bond acceptors (Lipinski definition) is 5. The van der Waals surface area contributed by atoms with E-state index >= 15 is 0 Å². The minimum absolute atomic E-state index is 0.306. The van der Waals surface area contributed by atoms with Gasteiger partial charge in [0.25, 0.3) is 0 Å². The normalized spacial score (nSPS) is 22.4. The van der Waals surface area contributed by atoms with Crippen molar-refractivity contribution in [2.75, 3.05) is 26.7 Å². The highest BCUT2D eigenvalue weighted by Gasteiger charge is 2.43. The molecule has 0 saturated carbocycles. The van der Waals surface area contributed by atoms with Gasteiger partial charge in [-0.05, 0) is 49.6 Å². The summed E-state index contributed by atoms with van der Waals surface area (Å²) in [6, 6.07) is 13.6. The Bertz CT molecular complexity index is 829. The van der Waals surface area contributed by atoms with Crippen LogP contribution in [0.25, 0.3) is 0 Å². The lowest BCUT2D eigenvalue weighted by Crippen LogP contribution is -2.51. The SMILES string of the molecule is COc1cccc([C@@H](O)CN2CCC3(CC2)C[C@H](O)c2cc(C)ccc2O3)c1. The number of rotatable bonds is 4. The summed E-state index contributed by atoms with van der Waals surface area (Å²) in [6.45, 7) is 4.30. The molecule has 0 aromatic heterocycles. The molecule has 0 aliphatic carbocycles. The Kier molecular flexibility index (Phi) is 5.32. The summed E-state index contributed by atoms with van der Waals surface area (Å²) in [5.74, 6) is 1.57. The summed E-state index contributed by atoms with van der Waals surface area (Å²) in [6.07, 6.45) is 1.31. The lowest BCUT2D eigenvalue weighted by Gasteiger charge is -2.46. The van der Waals surface area contributed by atoms with E-state index < -0.39 is 12.2 Å². The third kappa shape index (κ3) is 3.88. The third-order valence-corrected chi connectivity index (χ3v) is 6.09. The van der Waals surface area contributed by atoms with Gasteiger partial charge in [0.15, 0.2) is 0 Å². The molecule has 150 valence electrons. The molecular weight excluding hydrogens is 354 g/mol. The molecule has 2 heterocycles. The second kappa shape index (κ2) is 7.74. The Labute approximate surface area is 166 Å². The third-order valence-electron chi connectivity index (χ3n) is 6.09. The first kappa shape index (κ1) is 19.2. The van der Waals surface area contributed by atoms with Crippen LogP contribution in [-0.4, -0.2) is 47.5 Å². The zero-order valence-corrected chi connectivity index (χ0v) is 16.6. The van der Waals surface area contributed by atoms with Crippen LogP contribution in [-0.2, 0) is 0 Å². The van der Waals surface area contributed by atoms with E-state index in [2.05, 4.69) is 4.90 Å². The van der Waals surface area contributed by atoms with Crippen LogP contribution >= 0.6 is 0 Å². The molecule has 2 atom stereocenters.